The van der Waals surface area contributed by atoms with Gasteiger partial charge < -0.3 is 15.5 Å². The molecule has 2 fully saturated rings. The zero-order chi connectivity index (χ0) is 11.4. The van der Waals surface area contributed by atoms with Gasteiger partial charge in [-0.1, -0.05) is 12.8 Å². The molecule has 0 radical (unpaired) electrons. The molecule has 0 aromatic rings. The Kier molecular flexibility index (Phi) is 4.04. The second kappa shape index (κ2) is 5.53. The Bertz CT molecular complexity index is 238. The molecule has 0 saturated carbocycles. The molecule has 0 aromatic carbocycles. The van der Waals surface area contributed by atoms with E-state index in [4.69, 9.17) is 5.73 Å². The minimum atomic E-state index is 0.231. The van der Waals surface area contributed by atoms with E-state index < -0.39 is 0 Å². The van der Waals surface area contributed by atoms with E-state index in [1.807, 2.05) is 9.80 Å². The average molecular weight is 225 g/mol. The first-order valence-corrected chi connectivity index (χ1v) is 6.58. The lowest BCUT2D eigenvalue weighted by Crippen LogP contribution is -2.49. The van der Waals surface area contributed by atoms with Gasteiger partial charge in [0.1, 0.15) is 0 Å². The second-order valence-electron chi connectivity index (χ2n) is 4.91. The molecule has 2 N–H and O–H groups in total. The first-order valence-electron chi connectivity index (χ1n) is 6.58. The first-order chi connectivity index (χ1) is 7.83. The van der Waals surface area contributed by atoms with Gasteiger partial charge in [-0.3, -0.25) is 0 Å². The van der Waals surface area contributed by atoms with Gasteiger partial charge in [-0.05, 0) is 25.7 Å². The Morgan fingerprint density at radius 3 is 2.44 bits per heavy atom. The molecule has 2 aliphatic rings. The third-order valence-corrected chi connectivity index (χ3v) is 3.77. The van der Waals surface area contributed by atoms with Crippen molar-refractivity contribution >= 4 is 6.03 Å². The van der Waals surface area contributed by atoms with Crippen molar-refractivity contribution in [1.82, 2.24) is 9.80 Å². The Morgan fingerprint density at radius 2 is 1.75 bits per heavy atom. The largest absolute Gasteiger partial charge is 0.328 e. The van der Waals surface area contributed by atoms with Gasteiger partial charge in [0.15, 0.2) is 0 Å². The molecular formula is C12H23N3O. The lowest BCUT2D eigenvalue weighted by atomic mass is 10.1. The summed E-state index contributed by atoms with van der Waals surface area (Å²) in [5.74, 6) is 0. The number of nitrogens with zero attached hydrogens (tertiary/aromatic N) is 2. The van der Waals surface area contributed by atoms with Crippen molar-refractivity contribution in [1.29, 1.82) is 0 Å². The van der Waals surface area contributed by atoms with E-state index in [2.05, 4.69) is 0 Å². The molecule has 0 aliphatic carbocycles. The van der Waals surface area contributed by atoms with Crippen molar-refractivity contribution in [3.05, 3.63) is 0 Å². The average Bonchev–Trinajstić information content (AvgIpc) is 2.73. The van der Waals surface area contributed by atoms with E-state index in [0.29, 0.717) is 6.54 Å². The summed E-state index contributed by atoms with van der Waals surface area (Å²) in [4.78, 5) is 16.3. The third kappa shape index (κ3) is 2.48. The summed E-state index contributed by atoms with van der Waals surface area (Å²) in [6.45, 7) is 3.38. The molecule has 2 heterocycles. The van der Waals surface area contributed by atoms with Crippen LogP contribution in [0, 0.1) is 0 Å². The number of hydrogen-bond donors (Lipinski definition) is 1. The fraction of sp³-hybridized carbons (Fsp3) is 0.917. The van der Waals surface area contributed by atoms with Crippen molar-refractivity contribution in [3.8, 4) is 0 Å². The summed E-state index contributed by atoms with van der Waals surface area (Å²) >= 11 is 0. The number of hydrogen-bond acceptors (Lipinski definition) is 2. The molecular weight excluding hydrogens is 202 g/mol. The molecule has 1 atom stereocenters. The van der Waals surface area contributed by atoms with Crippen LogP contribution in [0.1, 0.15) is 38.5 Å². The van der Waals surface area contributed by atoms with E-state index in [1.54, 1.807) is 0 Å². The SMILES string of the molecule is NCC1CCCCCN1C(=O)N1CCCC1. The Balaban J connectivity index is 2.00. The van der Waals surface area contributed by atoms with E-state index in [9.17, 15) is 4.79 Å². The molecule has 0 bridgehead atoms. The number of likely N-dealkylation sites (tertiary alicyclic amines) is 2. The summed E-state index contributed by atoms with van der Waals surface area (Å²) in [7, 11) is 0. The predicted octanol–water partition coefficient (Wildman–Crippen LogP) is 1.41. The standard InChI is InChI=1S/C12H23N3O/c13-10-11-6-2-1-3-9-15(11)12(16)14-7-4-5-8-14/h11H,1-10,13H2. The van der Waals surface area contributed by atoms with Crippen LogP contribution in [0.5, 0.6) is 0 Å². The van der Waals surface area contributed by atoms with Crippen LogP contribution in [0.25, 0.3) is 0 Å². The normalized spacial score (nSPS) is 26.9. The number of carbonyl (C=O) groups excluding carboxylic acids is 1. The molecule has 16 heavy (non-hydrogen) atoms. The molecule has 0 aromatic heterocycles. The van der Waals surface area contributed by atoms with Gasteiger partial charge in [0.05, 0.1) is 0 Å². The van der Waals surface area contributed by atoms with Gasteiger partial charge in [0, 0.05) is 32.2 Å². The molecule has 2 rings (SSSR count). The fourth-order valence-corrected chi connectivity index (χ4v) is 2.76. The van der Waals surface area contributed by atoms with Crippen LogP contribution < -0.4 is 5.73 Å². The van der Waals surface area contributed by atoms with Gasteiger partial charge >= 0.3 is 6.03 Å². The molecule has 4 heteroatoms. The predicted molar refractivity (Wildman–Crippen MR) is 64.2 cm³/mol. The number of amides is 2. The van der Waals surface area contributed by atoms with Gasteiger partial charge in [-0.15, -0.1) is 0 Å². The lowest BCUT2D eigenvalue weighted by Gasteiger charge is -2.32. The van der Waals surface area contributed by atoms with E-state index in [-0.39, 0.29) is 12.1 Å². The van der Waals surface area contributed by atoms with Crippen molar-refractivity contribution in [2.45, 2.75) is 44.6 Å². The second-order valence-corrected chi connectivity index (χ2v) is 4.91. The Hall–Kier alpha value is -0.770. The molecule has 2 aliphatic heterocycles. The quantitative estimate of drug-likeness (QED) is 0.733. The molecule has 92 valence electrons. The third-order valence-electron chi connectivity index (χ3n) is 3.77. The molecule has 1 unspecified atom stereocenters. The van der Waals surface area contributed by atoms with Gasteiger partial charge in [-0.2, -0.15) is 0 Å². The van der Waals surface area contributed by atoms with Crippen LogP contribution in [0.15, 0.2) is 0 Å². The summed E-state index contributed by atoms with van der Waals surface area (Å²) in [6, 6.07) is 0.505. The zero-order valence-electron chi connectivity index (χ0n) is 10.0. The Morgan fingerprint density at radius 1 is 1.06 bits per heavy atom. The summed E-state index contributed by atoms with van der Waals surface area (Å²) < 4.78 is 0. The highest BCUT2D eigenvalue weighted by Gasteiger charge is 2.29. The molecule has 2 saturated heterocycles. The van der Waals surface area contributed by atoms with Crippen LogP contribution in [0.4, 0.5) is 4.79 Å². The minimum absolute atomic E-state index is 0.231. The number of nitrogens with two attached hydrogens (primary N) is 1. The maximum Gasteiger partial charge on any atom is 0.320 e. The molecule has 0 spiro atoms. The summed E-state index contributed by atoms with van der Waals surface area (Å²) in [6.07, 6.45) is 6.98. The molecule has 4 nitrogen and oxygen atoms in total. The Labute approximate surface area is 97.8 Å². The topological polar surface area (TPSA) is 49.6 Å². The van der Waals surface area contributed by atoms with Crippen molar-refractivity contribution in [2.75, 3.05) is 26.2 Å². The van der Waals surface area contributed by atoms with Crippen LogP contribution in [0.3, 0.4) is 0 Å². The maximum absolute atomic E-state index is 12.3. The number of rotatable bonds is 1. The van der Waals surface area contributed by atoms with Gasteiger partial charge in [-0.25, -0.2) is 4.79 Å². The van der Waals surface area contributed by atoms with E-state index >= 15 is 0 Å². The number of urea groups is 1. The van der Waals surface area contributed by atoms with E-state index in [1.165, 1.54) is 12.8 Å². The van der Waals surface area contributed by atoms with Crippen molar-refractivity contribution < 1.29 is 4.79 Å². The highest BCUT2D eigenvalue weighted by atomic mass is 16.2. The van der Waals surface area contributed by atoms with Crippen molar-refractivity contribution in [3.63, 3.8) is 0 Å². The lowest BCUT2D eigenvalue weighted by molar-refractivity contribution is 0.144. The van der Waals surface area contributed by atoms with Crippen molar-refractivity contribution in [2.24, 2.45) is 5.73 Å². The highest BCUT2D eigenvalue weighted by Crippen LogP contribution is 2.19. The van der Waals surface area contributed by atoms with Crippen LogP contribution in [0.2, 0.25) is 0 Å². The number of carbonyl (C=O) groups is 1. The summed E-state index contributed by atoms with van der Waals surface area (Å²) in [5, 5.41) is 0. The summed E-state index contributed by atoms with van der Waals surface area (Å²) in [5.41, 5.74) is 5.79. The first kappa shape index (κ1) is 11.7. The van der Waals surface area contributed by atoms with Crippen LogP contribution >= 0.6 is 0 Å². The van der Waals surface area contributed by atoms with Gasteiger partial charge in [0.25, 0.3) is 0 Å². The van der Waals surface area contributed by atoms with E-state index in [0.717, 1.165) is 45.3 Å². The minimum Gasteiger partial charge on any atom is -0.328 e. The highest BCUT2D eigenvalue weighted by molar-refractivity contribution is 5.75. The van der Waals surface area contributed by atoms with Crippen LogP contribution in [-0.4, -0.2) is 48.1 Å². The molecule has 2 amide bonds. The van der Waals surface area contributed by atoms with Gasteiger partial charge in [0.2, 0.25) is 0 Å². The zero-order valence-corrected chi connectivity index (χ0v) is 10.0. The smallest absolute Gasteiger partial charge is 0.320 e. The monoisotopic (exact) mass is 225 g/mol. The van der Waals surface area contributed by atoms with Crippen LogP contribution in [-0.2, 0) is 0 Å². The maximum atomic E-state index is 12.3. The fourth-order valence-electron chi connectivity index (χ4n) is 2.76.